The van der Waals surface area contributed by atoms with Gasteiger partial charge < -0.3 is 9.29 Å². The van der Waals surface area contributed by atoms with E-state index >= 15 is 0 Å². The summed E-state index contributed by atoms with van der Waals surface area (Å²) in [5, 5.41) is 9.67. The Morgan fingerprint density at radius 2 is 1.80 bits per heavy atom. The van der Waals surface area contributed by atoms with E-state index in [4.69, 9.17) is 15.8 Å². The summed E-state index contributed by atoms with van der Waals surface area (Å²) in [6, 6.07) is 10.3. The number of aliphatic hydroxyl groups is 1. The Hall–Kier alpha value is -1.08. The van der Waals surface area contributed by atoms with Crippen molar-refractivity contribution in [3.63, 3.8) is 0 Å². The molecule has 0 radical (unpaired) electrons. The Morgan fingerprint density at radius 3 is 2.40 bits per heavy atom. The molecule has 106 valence electrons. The largest absolute Gasteiger partial charge is 0.392 e. The van der Waals surface area contributed by atoms with E-state index in [1.54, 1.807) is 12.1 Å². The highest BCUT2D eigenvalue weighted by Crippen LogP contribution is 2.26. The second-order valence-electron chi connectivity index (χ2n) is 3.90. The molecule has 2 aromatic rings. The fraction of sp³-hybridized carbons (Fsp3) is 0.0769. The molecule has 7 heteroatoms. The van der Waals surface area contributed by atoms with Crippen molar-refractivity contribution in [2.24, 2.45) is 0 Å². The highest BCUT2D eigenvalue weighted by atomic mass is 79.9. The molecule has 0 aliphatic heterocycles. The summed E-state index contributed by atoms with van der Waals surface area (Å²) in [6.45, 7) is -0.328. The lowest BCUT2D eigenvalue weighted by Crippen LogP contribution is -2.11. The molecule has 1 N–H and O–H groups in total. The molecule has 2 rings (SSSR count). The molecule has 0 atom stereocenters. The summed E-state index contributed by atoms with van der Waals surface area (Å²) in [5.74, 6) is 0.0886. The lowest BCUT2D eigenvalue weighted by Gasteiger charge is -2.10. The molecule has 0 heterocycles. The van der Waals surface area contributed by atoms with Crippen LogP contribution >= 0.6 is 27.5 Å². The Balaban J connectivity index is 2.35. The molecule has 0 unspecified atom stereocenters. The lowest BCUT2D eigenvalue weighted by molar-refractivity contribution is 0.278. The summed E-state index contributed by atoms with van der Waals surface area (Å²) in [5.41, 5.74) is 0.372. The van der Waals surface area contributed by atoms with Gasteiger partial charge in [0.25, 0.3) is 0 Å². The minimum Gasteiger partial charge on any atom is -0.392 e. The fourth-order valence-electron chi connectivity index (χ4n) is 1.52. The number of rotatable bonds is 4. The van der Waals surface area contributed by atoms with E-state index in [2.05, 4.69) is 15.9 Å². The third-order valence-corrected chi connectivity index (χ3v) is 4.49. The van der Waals surface area contributed by atoms with Crippen LogP contribution < -0.4 is 4.18 Å². The lowest BCUT2D eigenvalue weighted by atomic mass is 10.2. The average Bonchev–Trinajstić information content (AvgIpc) is 2.41. The monoisotopic (exact) mass is 376 g/mol. The summed E-state index contributed by atoms with van der Waals surface area (Å²) in [4.78, 5) is -0.00583. The first-order valence-electron chi connectivity index (χ1n) is 5.52. The summed E-state index contributed by atoms with van der Waals surface area (Å²) in [7, 11) is -3.96. The van der Waals surface area contributed by atoms with E-state index in [0.29, 0.717) is 10.6 Å². The Labute approximate surface area is 130 Å². The van der Waals surface area contributed by atoms with Gasteiger partial charge in [0.15, 0.2) is 0 Å². The van der Waals surface area contributed by atoms with Gasteiger partial charge >= 0.3 is 10.1 Å². The molecule has 0 spiro atoms. The van der Waals surface area contributed by atoms with Crippen molar-refractivity contribution in [2.75, 3.05) is 0 Å². The van der Waals surface area contributed by atoms with Gasteiger partial charge in [-0.1, -0.05) is 27.5 Å². The van der Waals surface area contributed by atoms with Crippen molar-refractivity contribution in [1.29, 1.82) is 0 Å². The molecule has 4 nitrogen and oxygen atoms in total. The maximum absolute atomic E-state index is 12.1. The van der Waals surface area contributed by atoms with Gasteiger partial charge in [0.2, 0.25) is 0 Å². The Bertz CT molecular complexity index is 714. The first kappa shape index (κ1) is 15.3. The molecule has 0 saturated carbocycles. The maximum Gasteiger partial charge on any atom is 0.339 e. The van der Waals surface area contributed by atoms with E-state index in [1.807, 2.05) is 0 Å². The summed E-state index contributed by atoms with van der Waals surface area (Å²) >= 11 is 8.95. The molecule has 0 aliphatic rings. The molecule has 0 saturated heterocycles. The number of hydrogen-bond donors (Lipinski definition) is 1. The number of halogens is 2. The van der Waals surface area contributed by atoms with E-state index in [0.717, 1.165) is 4.47 Å². The number of benzene rings is 2. The second kappa shape index (κ2) is 6.13. The van der Waals surface area contributed by atoms with Crippen LogP contribution in [0.25, 0.3) is 0 Å². The minimum atomic E-state index is -3.96. The molecule has 0 aliphatic carbocycles. The topological polar surface area (TPSA) is 63.6 Å². The van der Waals surface area contributed by atoms with Crippen LogP contribution in [-0.4, -0.2) is 13.5 Å². The van der Waals surface area contributed by atoms with E-state index in [1.165, 1.54) is 30.3 Å². The molecule has 2 aromatic carbocycles. The number of aliphatic hydroxyl groups excluding tert-OH is 1. The van der Waals surface area contributed by atoms with Crippen LogP contribution in [0.3, 0.4) is 0 Å². The number of hydrogen-bond acceptors (Lipinski definition) is 4. The molecule has 20 heavy (non-hydrogen) atoms. The van der Waals surface area contributed by atoms with E-state index in [9.17, 15) is 13.5 Å². The second-order valence-corrected chi connectivity index (χ2v) is 6.80. The zero-order chi connectivity index (χ0) is 14.8. The smallest absolute Gasteiger partial charge is 0.339 e. The van der Waals surface area contributed by atoms with Crippen LogP contribution in [0.4, 0.5) is 0 Å². The van der Waals surface area contributed by atoms with Crippen molar-refractivity contribution >= 4 is 37.6 Å². The molecule has 0 aromatic heterocycles. The van der Waals surface area contributed by atoms with Gasteiger partial charge in [-0.3, -0.25) is 0 Å². The van der Waals surface area contributed by atoms with Crippen LogP contribution in [0, 0.1) is 0 Å². The van der Waals surface area contributed by atoms with Crippen LogP contribution in [0.15, 0.2) is 51.8 Å². The van der Waals surface area contributed by atoms with E-state index < -0.39 is 10.1 Å². The SMILES string of the molecule is O=S(=O)(Oc1ccc(Br)cc1CO)c1ccc(Cl)cc1. The maximum atomic E-state index is 12.1. The van der Waals surface area contributed by atoms with Crippen LogP contribution in [0.1, 0.15) is 5.56 Å². The molecular weight excluding hydrogens is 368 g/mol. The van der Waals surface area contributed by atoms with Gasteiger partial charge in [0, 0.05) is 15.1 Å². The minimum absolute atomic E-state index is 0.00583. The van der Waals surface area contributed by atoms with Gasteiger partial charge in [-0.25, -0.2) is 0 Å². The van der Waals surface area contributed by atoms with Crippen LogP contribution in [0.5, 0.6) is 5.75 Å². The zero-order valence-electron chi connectivity index (χ0n) is 10.1. The van der Waals surface area contributed by atoms with Crippen LogP contribution in [-0.2, 0) is 16.7 Å². The van der Waals surface area contributed by atoms with Crippen molar-refractivity contribution in [2.45, 2.75) is 11.5 Å². The quantitative estimate of drug-likeness (QED) is 0.830. The van der Waals surface area contributed by atoms with Crippen molar-refractivity contribution in [1.82, 2.24) is 0 Å². The van der Waals surface area contributed by atoms with Gasteiger partial charge in [-0.15, -0.1) is 0 Å². The first-order chi connectivity index (χ1) is 9.42. The highest BCUT2D eigenvalue weighted by molar-refractivity contribution is 9.10. The predicted molar refractivity (Wildman–Crippen MR) is 79.3 cm³/mol. The van der Waals surface area contributed by atoms with Crippen molar-refractivity contribution in [3.05, 3.63) is 57.5 Å². The van der Waals surface area contributed by atoms with Gasteiger partial charge in [-0.2, -0.15) is 8.42 Å². The normalized spacial score (nSPS) is 11.3. The predicted octanol–water partition coefficient (Wildman–Crippen LogP) is 3.36. The van der Waals surface area contributed by atoms with E-state index in [-0.39, 0.29) is 17.3 Å². The fourth-order valence-corrected chi connectivity index (χ4v) is 3.02. The van der Waals surface area contributed by atoms with Gasteiger partial charge in [-0.05, 0) is 42.5 Å². The third kappa shape index (κ3) is 3.52. The standard InChI is InChI=1S/C13H10BrClO4S/c14-10-1-6-13(9(7-10)8-16)19-20(17,18)12-4-2-11(15)3-5-12/h1-7,16H,8H2. The third-order valence-electron chi connectivity index (χ3n) is 2.49. The molecule has 0 bridgehead atoms. The van der Waals surface area contributed by atoms with Gasteiger partial charge in [0.1, 0.15) is 10.6 Å². The molecule has 0 fully saturated rings. The Kier molecular flexibility index (Phi) is 4.70. The van der Waals surface area contributed by atoms with Crippen LogP contribution in [0.2, 0.25) is 5.02 Å². The first-order valence-corrected chi connectivity index (χ1v) is 8.09. The Morgan fingerprint density at radius 1 is 1.15 bits per heavy atom. The summed E-state index contributed by atoms with van der Waals surface area (Å²) < 4.78 is 30.0. The van der Waals surface area contributed by atoms with Gasteiger partial charge in [0.05, 0.1) is 6.61 Å². The summed E-state index contributed by atoms with van der Waals surface area (Å²) in [6.07, 6.45) is 0. The highest BCUT2D eigenvalue weighted by Gasteiger charge is 2.18. The molecular formula is C13H10BrClO4S. The zero-order valence-corrected chi connectivity index (χ0v) is 13.2. The molecule has 0 amide bonds. The van der Waals surface area contributed by atoms with Crippen molar-refractivity contribution < 1.29 is 17.7 Å². The average molecular weight is 378 g/mol. The van der Waals surface area contributed by atoms with Crippen molar-refractivity contribution in [3.8, 4) is 5.75 Å².